The second kappa shape index (κ2) is 9.17. The summed E-state index contributed by atoms with van der Waals surface area (Å²) in [6, 6.07) is 21.4. The van der Waals surface area contributed by atoms with Crippen LogP contribution in [-0.2, 0) is 11.2 Å². The quantitative estimate of drug-likeness (QED) is 0.351. The molecule has 7 heteroatoms. The predicted octanol–water partition coefficient (Wildman–Crippen LogP) is 5.49. The standard InChI is InChI=1S/C31H30N4O3/c1-4-19(3)32-29(36)22-10-6-8-12-25(22)35-30(37)26-17-23-21-9-5-7-11-24(21)33-27(23)28(34(26)31(35)38)20-15-13-18(2)14-16-20/h5-16,19,26,28,33H,4,17H2,1-3H3,(H,32,36). The molecule has 3 heterocycles. The van der Waals surface area contributed by atoms with Crippen molar-refractivity contribution in [1.29, 1.82) is 0 Å². The number of nitrogens with one attached hydrogen (secondary N) is 2. The Morgan fingerprint density at radius 1 is 1.03 bits per heavy atom. The van der Waals surface area contributed by atoms with E-state index in [0.29, 0.717) is 17.7 Å². The Bertz CT molecular complexity index is 1570. The fraction of sp³-hybridized carbons (Fsp3) is 0.258. The van der Waals surface area contributed by atoms with Crippen molar-refractivity contribution in [3.05, 3.63) is 101 Å². The lowest BCUT2D eigenvalue weighted by Gasteiger charge is -2.36. The largest absolute Gasteiger partial charge is 0.356 e. The molecule has 0 radical (unpaired) electrons. The van der Waals surface area contributed by atoms with Gasteiger partial charge in [-0.25, -0.2) is 9.69 Å². The topological polar surface area (TPSA) is 85.5 Å². The number of amides is 4. The molecule has 7 nitrogen and oxygen atoms in total. The summed E-state index contributed by atoms with van der Waals surface area (Å²) in [5.41, 5.74) is 5.64. The van der Waals surface area contributed by atoms with E-state index in [1.807, 2.05) is 63.2 Å². The monoisotopic (exact) mass is 506 g/mol. The summed E-state index contributed by atoms with van der Waals surface area (Å²) < 4.78 is 0. The molecule has 4 amide bonds. The van der Waals surface area contributed by atoms with Crippen LogP contribution in [0.4, 0.5) is 10.5 Å². The van der Waals surface area contributed by atoms with Crippen molar-refractivity contribution in [3.8, 4) is 0 Å². The van der Waals surface area contributed by atoms with Gasteiger partial charge in [0.15, 0.2) is 0 Å². The van der Waals surface area contributed by atoms with Crippen molar-refractivity contribution < 1.29 is 14.4 Å². The summed E-state index contributed by atoms with van der Waals surface area (Å²) in [6.45, 7) is 5.94. The molecule has 0 saturated carbocycles. The SMILES string of the molecule is CCC(C)NC(=O)c1ccccc1N1C(=O)C2Cc3c([nH]c4ccccc34)C(c3ccc(C)cc3)N2C1=O. The molecular weight excluding hydrogens is 476 g/mol. The number of carbonyl (C=O) groups is 3. The lowest BCUT2D eigenvalue weighted by molar-refractivity contribution is -0.120. The Morgan fingerprint density at radius 2 is 1.74 bits per heavy atom. The third-order valence-electron chi connectivity index (χ3n) is 7.82. The number of rotatable bonds is 5. The van der Waals surface area contributed by atoms with Crippen LogP contribution in [0.5, 0.6) is 0 Å². The maximum Gasteiger partial charge on any atom is 0.332 e. The van der Waals surface area contributed by atoms with Crippen LogP contribution >= 0.6 is 0 Å². The summed E-state index contributed by atoms with van der Waals surface area (Å²) >= 11 is 0. The molecule has 1 aromatic heterocycles. The Balaban J connectivity index is 1.48. The smallest absolute Gasteiger partial charge is 0.332 e. The molecule has 0 aliphatic carbocycles. The molecule has 2 aliphatic rings. The van der Waals surface area contributed by atoms with Crippen LogP contribution in [0.2, 0.25) is 0 Å². The number of hydrogen-bond acceptors (Lipinski definition) is 3. The molecule has 0 bridgehead atoms. The number of aromatic amines is 1. The molecule has 3 aromatic carbocycles. The average Bonchev–Trinajstić information content (AvgIpc) is 3.42. The molecule has 1 saturated heterocycles. The van der Waals surface area contributed by atoms with Gasteiger partial charge in [0, 0.05) is 29.1 Å². The second-order valence-corrected chi connectivity index (χ2v) is 10.3. The van der Waals surface area contributed by atoms with Gasteiger partial charge >= 0.3 is 6.03 Å². The first-order valence-electron chi connectivity index (χ1n) is 13.1. The third-order valence-corrected chi connectivity index (χ3v) is 7.82. The van der Waals surface area contributed by atoms with Crippen molar-refractivity contribution >= 4 is 34.4 Å². The Labute approximate surface area is 221 Å². The third kappa shape index (κ3) is 3.69. The number of fused-ring (bicyclic) bond motifs is 4. The van der Waals surface area contributed by atoms with Crippen molar-refractivity contribution in [2.45, 2.75) is 51.7 Å². The molecule has 2 aliphatic heterocycles. The first kappa shape index (κ1) is 24.0. The van der Waals surface area contributed by atoms with Gasteiger partial charge in [0.25, 0.3) is 11.8 Å². The number of hydrogen-bond donors (Lipinski definition) is 2. The number of para-hydroxylation sites is 2. The minimum Gasteiger partial charge on any atom is -0.356 e. The van der Waals surface area contributed by atoms with Gasteiger partial charge in [0.1, 0.15) is 12.1 Å². The van der Waals surface area contributed by atoms with Crippen LogP contribution in [0.25, 0.3) is 10.9 Å². The molecular formula is C31H30N4O3. The van der Waals surface area contributed by atoms with E-state index in [0.717, 1.165) is 39.7 Å². The van der Waals surface area contributed by atoms with Gasteiger partial charge in [0.05, 0.1) is 11.3 Å². The van der Waals surface area contributed by atoms with Crippen LogP contribution in [0.15, 0.2) is 72.8 Å². The van der Waals surface area contributed by atoms with E-state index in [-0.39, 0.29) is 17.9 Å². The van der Waals surface area contributed by atoms with E-state index < -0.39 is 18.1 Å². The zero-order valence-corrected chi connectivity index (χ0v) is 21.7. The van der Waals surface area contributed by atoms with Crippen LogP contribution in [-0.4, -0.2) is 39.8 Å². The summed E-state index contributed by atoms with van der Waals surface area (Å²) in [7, 11) is 0. The van der Waals surface area contributed by atoms with E-state index in [2.05, 4.69) is 16.4 Å². The van der Waals surface area contributed by atoms with Crippen molar-refractivity contribution in [2.75, 3.05) is 4.90 Å². The van der Waals surface area contributed by atoms with E-state index >= 15 is 0 Å². The highest BCUT2D eigenvalue weighted by molar-refractivity contribution is 6.24. The van der Waals surface area contributed by atoms with E-state index in [4.69, 9.17) is 0 Å². The molecule has 4 aromatic rings. The lowest BCUT2D eigenvalue weighted by atomic mass is 9.88. The summed E-state index contributed by atoms with van der Waals surface area (Å²) in [4.78, 5) is 47.8. The molecule has 38 heavy (non-hydrogen) atoms. The Hall–Kier alpha value is -4.39. The number of aryl methyl sites for hydroxylation is 1. The van der Waals surface area contributed by atoms with Gasteiger partial charge in [-0.05, 0) is 49.6 Å². The lowest BCUT2D eigenvalue weighted by Crippen LogP contribution is -2.44. The Morgan fingerprint density at radius 3 is 2.50 bits per heavy atom. The number of anilines is 1. The number of H-pyrrole nitrogens is 1. The number of imide groups is 1. The molecule has 192 valence electrons. The van der Waals surface area contributed by atoms with Gasteiger partial charge in [-0.1, -0.05) is 67.1 Å². The molecule has 0 spiro atoms. The minimum absolute atomic E-state index is 0.0314. The molecule has 3 atom stereocenters. The van der Waals surface area contributed by atoms with E-state index in [9.17, 15) is 14.4 Å². The van der Waals surface area contributed by atoms with Gasteiger partial charge in [-0.2, -0.15) is 0 Å². The molecule has 2 N–H and O–H groups in total. The van der Waals surface area contributed by atoms with E-state index in [1.165, 1.54) is 4.90 Å². The summed E-state index contributed by atoms with van der Waals surface area (Å²) in [6.07, 6.45) is 1.18. The summed E-state index contributed by atoms with van der Waals surface area (Å²) in [5.74, 6) is -0.612. The number of urea groups is 1. The van der Waals surface area contributed by atoms with Crippen LogP contribution < -0.4 is 10.2 Å². The van der Waals surface area contributed by atoms with Crippen LogP contribution in [0.1, 0.15) is 59.1 Å². The van der Waals surface area contributed by atoms with Gasteiger partial charge in [-0.15, -0.1) is 0 Å². The minimum atomic E-state index is -0.675. The van der Waals surface area contributed by atoms with Crippen LogP contribution in [0.3, 0.4) is 0 Å². The normalized spacial score (nSPS) is 19.4. The highest BCUT2D eigenvalue weighted by atomic mass is 16.2. The zero-order chi connectivity index (χ0) is 26.6. The van der Waals surface area contributed by atoms with Crippen LogP contribution in [0, 0.1) is 6.92 Å². The summed E-state index contributed by atoms with van der Waals surface area (Å²) in [5, 5.41) is 4.03. The first-order valence-corrected chi connectivity index (χ1v) is 13.1. The number of benzene rings is 3. The van der Waals surface area contributed by atoms with Crippen molar-refractivity contribution in [3.63, 3.8) is 0 Å². The van der Waals surface area contributed by atoms with Crippen molar-refractivity contribution in [1.82, 2.24) is 15.2 Å². The maximum atomic E-state index is 14.2. The average molecular weight is 507 g/mol. The number of aromatic nitrogens is 1. The highest BCUT2D eigenvalue weighted by Crippen LogP contribution is 2.45. The Kier molecular flexibility index (Phi) is 5.79. The second-order valence-electron chi connectivity index (χ2n) is 10.3. The molecule has 6 rings (SSSR count). The highest BCUT2D eigenvalue weighted by Gasteiger charge is 2.53. The van der Waals surface area contributed by atoms with Crippen molar-refractivity contribution in [2.24, 2.45) is 0 Å². The molecule has 3 unspecified atom stereocenters. The zero-order valence-electron chi connectivity index (χ0n) is 21.7. The van der Waals surface area contributed by atoms with Gasteiger partial charge in [0.2, 0.25) is 0 Å². The van der Waals surface area contributed by atoms with Gasteiger partial charge < -0.3 is 10.3 Å². The number of nitrogens with zero attached hydrogens (tertiary/aromatic N) is 2. The fourth-order valence-corrected chi connectivity index (χ4v) is 5.66. The predicted molar refractivity (Wildman–Crippen MR) is 147 cm³/mol. The molecule has 1 fully saturated rings. The van der Waals surface area contributed by atoms with E-state index in [1.54, 1.807) is 29.2 Å². The first-order chi connectivity index (χ1) is 18.4. The van der Waals surface area contributed by atoms with Gasteiger partial charge in [-0.3, -0.25) is 14.5 Å². The number of carbonyl (C=O) groups excluding carboxylic acids is 3. The fourth-order valence-electron chi connectivity index (χ4n) is 5.66. The maximum absolute atomic E-state index is 14.2.